The molecule has 1 aromatic carbocycles. The van der Waals surface area contributed by atoms with Crippen molar-refractivity contribution in [2.45, 2.75) is 45.4 Å². The Kier molecular flexibility index (Phi) is 8.35. The Hall–Kier alpha value is -3.01. The van der Waals surface area contributed by atoms with Gasteiger partial charge in [-0.1, -0.05) is 37.5 Å². The Morgan fingerprint density at radius 2 is 1.96 bits per heavy atom. The van der Waals surface area contributed by atoms with Gasteiger partial charge in [-0.05, 0) is 30.2 Å². The van der Waals surface area contributed by atoms with Crippen molar-refractivity contribution in [3.63, 3.8) is 0 Å². The molecule has 0 spiro atoms. The second-order valence-corrected chi connectivity index (χ2v) is 7.14. The summed E-state index contributed by atoms with van der Waals surface area (Å²) in [6.07, 6.45) is 5.84. The first kappa shape index (κ1) is 21.3. The summed E-state index contributed by atoms with van der Waals surface area (Å²) in [4.78, 5) is 23.7. The van der Waals surface area contributed by atoms with Crippen molar-refractivity contribution in [3.8, 4) is 11.5 Å². The summed E-state index contributed by atoms with van der Waals surface area (Å²) in [5.41, 5.74) is 2.85. The maximum Gasteiger partial charge on any atom is 0.247 e. The molecule has 0 fully saturated rings. The Morgan fingerprint density at radius 3 is 2.71 bits per heavy atom. The van der Waals surface area contributed by atoms with E-state index in [2.05, 4.69) is 33.0 Å². The van der Waals surface area contributed by atoms with E-state index in [0.717, 1.165) is 37.0 Å². The highest BCUT2D eigenvalue weighted by molar-refractivity contribution is 7.15. The third kappa shape index (κ3) is 7.31. The van der Waals surface area contributed by atoms with E-state index in [1.54, 1.807) is 0 Å². The van der Waals surface area contributed by atoms with Gasteiger partial charge in [0, 0.05) is 6.42 Å². The number of carbonyl (C=O) groups excluding carboxylic acids is 2. The van der Waals surface area contributed by atoms with Gasteiger partial charge in [0.2, 0.25) is 16.9 Å². The minimum atomic E-state index is -0.396. The number of hydrogen-bond donors (Lipinski definition) is 4. The number of phenols is 2. The molecule has 0 aliphatic heterocycles. The number of anilines is 1. The van der Waals surface area contributed by atoms with E-state index in [9.17, 15) is 19.8 Å². The molecular weight excluding hydrogens is 382 g/mol. The van der Waals surface area contributed by atoms with E-state index in [4.69, 9.17) is 0 Å². The Labute approximate surface area is 166 Å². The first-order valence-electron chi connectivity index (χ1n) is 8.94. The van der Waals surface area contributed by atoms with Gasteiger partial charge in [0.25, 0.3) is 0 Å². The normalized spacial score (nSPS) is 10.9. The minimum absolute atomic E-state index is 0.0256. The van der Waals surface area contributed by atoms with Crippen LogP contribution in [-0.2, 0) is 16.0 Å². The number of benzene rings is 1. The highest BCUT2D eigenvalue weighted by atomic mass is 32.1. The summed E-state index contributed by atoms with van der Waals surface area (Å²) in [5.74, 6) is -1.01. The molecule has 10 heteroatoms. The molecular formula is C18H23N5O4S. The third-order valence-corrected chi connectivity index (χ3v) is 4.52. The molecule has 0 saturated carbocycles. The molecule has 0 aliphatic carbocycles. The monoisotopic (exact) mass is 405 g/mol. The summed E-state index contributed by atoms with van der Waals surface area (Å²) >= 11 is 1.14. The average molecular weight is 405 g/mol. The smallest absolute Gasteiger partial charge is 0.247 e. The van der Waals surface area contributed by atoms with Crippen molar-refractivity contribution in [1.29, 1.82) is 0 Å². The SMILES string of the molecule is CCCCCCC(=O)Nc1nnc(CC(=O)N/N=C\c2ccc(O)c(O)c2)s1. The zero-order chi connectivity index (χ0) is 20.4. The van der Waals surface area contributed by atoms with Gasteiger partial charge in [-0.25, -0.2) is 5.43 Å². The predicted octanol–water partition coefficient (Wildman–Crippen LogP) is 2.55. The fourth-order valence-electron chi connectivity index (χ4n) is 2.25. The van der Waals surface area contributed by atoms with E-state index in [1.165, 1.54) is 24.4 Å². The lowest BCUT2D eigenvalue weighted by atomic mass is 10.1. The highest BCUT2D eigenvalue weighted by Crippen LogP contribution is 2.24. The molecule has 1 aromatic heterocycles. The number of carbonyl (C=O) groups is 2. The number of rotatable bonds is 10. The number of aromatic nitrogens is 2. The summed E-state index contributed by atoms with van der Waals surface area (Å²) in [6.45, 7) is 2.11. The van der Waals surface area contributed by atoms with Crippen LogP contribution in [0, 0.1) is 0 Å². The fraction of sp³-hybridized carbons (Fsp3) is 0.389. The topological polar surface area (TPSA) is 137 Å². The molecule has 0 atom stereocenters. The first-order valence-corrected chi connectivity index (χ1v) is 9.75. The minimum Gasteiger partial charge on any atom is -0.504 e. The van der Waals surface area contributed by atoms with Crippen LogP contribution in [0.1, 0.15) is 49.6 Å². The highest BCUT2D eigenvalue weighted by Gasteiger charge is 2.11. The van der Waals surface area contributed by atoms with Crippen LogP contribution in [0.5, 0.6) is 11.5 Å². The Morgan fingerprint density at radius 1 is 1.14 bits per heavy atom. The zero-order valence-corrected chi connectivity index (χ0v) is 16.3. The van der Waals surface area contributed by atoms with Crippen LogP contribution in [-0.4, -0.2) is 38.4 Å². The Bertz CT molecular complexity index is 837. The lowest BCUT2D eigenvalue weighted by Gasteiger charge is -2.00. The standard InChI is InChI=1S/C18H23N5O4S/c1-2-3-4-5-6-15(26)20-18-23-22-17(28-18)10-16(27)21-19-11-12-7-8-13(24)14(25)9-12/h7-9,11,24-25H,2-6,10H2,1H3,(H,21,27)(H,20,23,26)/b19-11-. The van der Waals surface area contributed by atoms with E-state index < -0.39 is 5.91 Å². The van der Waals surface area contributed by atoms with Gasteiger partial charge in [-0.15, -0.1) is 10.2 Å². The van der Waals surface area contributed by atoms with E-state index in [-0.39, 0.29) is 23.8 Å². The van der Waals surface area contributed by atoms with Crippen LogP contribution in [0.2, 0.25) is 0 Å². The number of amides is 2. The van der Waals surface area contributed by atoms with E-state index in [1.807, 2.05) is 0 Å². The van der Waals surface area contributed by atoms with Gasteiger partial charge < -0.3 is 15.5 Å². The van der Waals surface area contributed by atoms with Gasteiger partial charge in [0.15, 0.2) is 11.5 Å². The molecule has 9 nitrogen and oxygen atoms in total. The zero-order valence-electron chi connectivity index (χ0n) is 15.5. The van der Waals surface area contributed by atoms with Gasteiger partial charge in [0.1, 0.15) is 5.01 Å². The van der Waals surface area contributed by atoms with Crippen molar-refractivity contribution in [1.82, 2.24) is 15.6 Å². The molecule has 0 bridgehead atoms. The van der Waals surface area contributed by atoms with Crippen molar-refractivity contribution in [2.75, 3.05) is 5.32 Å². The summed E-state index contributed by atoms with van der Waals surface area (Å²) < 4.78 is 0. The number of aromatic hydroxyl groups is 2. The molecule has 4 N–H and O–H groups in total. The van der Waals surface area contributed by atoms with Crippen molar-refractivity contribution in [2.24, 2.45) is 5.10 Å². The quantitative estimate of drug-likeness (QED) is 0.207. The number of hydrazone groups is 1. The first-order chi connectivity index (χ1) is 13.5. The summed E-state index contributed by atoms with van der Waals surface area (Å²) in [6, 6.07) is 4.17. The van der Waals surface area contributed by atoms with E-state index >= 15 is 0 Å². The van der Waals surface area contributed by atoms with E-state index in [0.29, 0.717) is 22.1 Å². The van der Waals surface area contributed by atoms with Gasteiger partial charge in [0.05, 0.1) is 12.6 Å². The number of hydrogen-bond acceptors (Lipinski definition) is 8. The molecule has 2 aromatic rings. The third-order valence-electron chi connectivity index (χ3n) is 3.68. The average Bonchev–Trinajstić information content (AvgIpc) is 3.08. The Balaban J connectivity index is 1.76. The molecule has 2 amide bonds. The van der Waals surface area contributed by atoms with Gasteiger partial charge in [-0.3, -0.25) is 9.59 Å². The van der Waals surface area contributed by atoms with Crippen LogP contribution in [0.15, 0.2) is 23.3 Å². The van der Waals surface area contributed by atoms with Crippen molar-refractivity contribution < 1.29 is 19.8 Å². The summed E-state index contributed by atoms with van der Waals surface area (Å²) in [7, 11) is 0. The second kappa shape index (κ2) is 11.0. The second-order valence-electron chi connectivity index (χ2n) is 6.08. The maximum absolute atomic E-state index is 11.9. The molecule has 0 unspecified atom stereocenters. The van der Waals surface area contributed by atoms with Crippen molar-refractivity contribution >= 4 is 34.5 Å². The molecule has 0 aliphatic rings. The molecule has 150 valence electrons. The molecule has 28 heavy (non-hydrogen) atoms. The van der Waals surface area contributed by atoms with Crippen LogP contribution >= 0.6 is 11.3 Å². The lowest BCUT2D eigenvalue weighted by Crippen LogP contribution is -2.19. The predicted molar refractivity (Wildman–Crippen MR) is 107 cm³/mol. The number of phenolic OH excluding ortho intramolecular Hbond substituents is 2. The molecule has 0 saturated heterocycles. The maximum atomic E-state index is 11.9. The van der Waals surface area contributed by atoms with Crippen LogP contribution < -0.4 is 10.7 Å². The van der Waals surface area contributed by atoms with Crippen LogP contribution in [0.3, 0.4) is 0 Å². The van der Waals surface area contributed by atoms with Gasteiger partial charge in [-0.2, -0.15) is 5.10 Å². The molecule has 1 heterocycles. The summed E-state index contributed by atoms with van der Waals surface area (Å²) in [5, 5.41) is 33.7. The lowest BCUT2D eigenvalue weighted by molar-refractivity contribution is -0.120. The fourth-order valence-corrected chi connectivity index (χ4v) is 3.00. The molecule has 2 rings (SSSR count). The van der Waals surface area contributed by atoms with Crippen LogP contribution in [0.25, 0.3) is 0 Å². The van der Waals surface area contributed by atoms with Crippen LogP contribution in [0.4, 0.5) is 5.13 Å². The number of nitrogens with zero attached hydrogens (tertiary/aromatic N) is 3. The number of unbranched alkanes of at least 4 members (excludes halogenated alkanes) is 3. The number of nitrogens with one attached hydrogen (secondary N) is 2. The van der Waals surface area contributed by atoms with Crippen molar-refractivity contribution in [3.05, 3.63) is 28.8 Å². The van der Waals surface area contributed by atoms with Gasteiger partial charge >= 0.3 is 0 Å². The molecule has 0 radical (unpaired) electrons. The largest absolute Gasteiger partial charge is 0.504 e.